The molecule has 0 unspecified atom stereocenters. The van der Waals surface area contributed by atoms with Crippen molar-refractivity contribution in [3.05, 3.63) is 35.0 Å². The van der Waals surface area contributed by atoms with Crippen LogP contribution in [0.25, 0.3) is 11.0 Å². The number of halogens is 1. The maximum absolute atomic E-state index is 6.19. The average molecular weight is 292 g/mol. The highest BCUT2D eigenvalue weighted by atomic mass is 35.5. The van der Waals surface area contributed by atoms with Crippen molar-refractivity contribution in [2.75, 3.05) is 6.54 Å². The lowest BCUT2D eigenvalue weighted by Crippen LogP contribution is -2.19. The minimum Gasteiger partial charge on any atom is -0.444 e. The molecule has 108 valence electrons. The van der Waals surface area contributed by atoms with Gasteiger partial charge in [-0.2, -0.15) is 0 Å². The number of benzene rings is 1. The van der Waals surface area contributed by atoms with Gasteiger partial charge in [0.05, 0.1) is 0 Å². The van der Waals surface area contributed by atoms with Gasteiger partial charge < -0.3 is 9.73 Å². The fourth-order valence-corrected chi connectivity index (χ4v) is 3.48. The first kappa shape index (κ1) is 14.0. The van der Waals surface area contributed by atoms with Crippen LogP contribution in [-0.4, -0.2) is 6.54 Å². The molecular formula is C17H22ClNO. The maximum atomic E-state index is 6.19. The van der Waals surface area contributed by atoms with Gasteiger partial charge in [0.2, 0.25) is 0 Å². The normalized spacial score (nSPS) is 16.9. The maximum Gasteiger partial charge on any atom is 0.199 e. The third kappa shape index (κ3) is 3.18. The Morgan fingerprint density at radius 1 is 1.15 bits per heavy atom. The van der Waals surface area contributed by atoms with E-state index in [1.807, 2.05) is 18.2 Å². The minimum atomic E-state index is 0.524. The highest BCUT2D eigenvalue weighted by Crippen LogP contribution is 2.29. The van der Waals surface area contributed by atoms with Crippen molar-refractivity contribution in [3.63, 3.8) is 0 Å². The SMILES string of the molecule is Clc1oc2ccccc2c1CNCCC1CCCCC1. The number of nitrogens with one attached hydrogen (secondary N) is 1. The Morgan fingerprint density at radius 2 is 1.95 bits per heavy atom. The lowest BCUT2D eigenvalue weighted by molar-refractivity contribution is 0.334. The Hall–Kier alpha value is -0.990. The van der Waals surface area contributed by atoms with Crippen LogP contribution in [0.5, 0.6) is 0 Å². The predicted octanol–water partition coefficient (Wildman–Crippen LogP) is 5.15. The molecular weight excluding hydrogens is 270 g/mol. The van der Waals surface area contributed by atoms with Gasteiger partial charge in [0, 0.05) is 17.5 Å². The highest BCUT2D eigenvalue weighted by molar-refractivity contribution is 6.30. The van der Waals surface area contributed by atoms with E-state index in [0.29, 0.717) is 5.22 Å². The second-order valence-electron chi connectivity index (χ2n) is 5.82. The quantitative estimate of drug-likeness (QED) is 0.771. The van der Waals surface area contributed by atoms with Crippen LogP contribution in [-0.2, 0) is 6.54 Å². The standard InChI is InChI=1S/C17H22ClNO/c18-17-15(14-8-4-5-9-16(14)20-17)12-19-11-10-13-6-2-1-3-7-13/h4-5,8-9,13,19H,1-3,6-7,10-12H2. The van der Waals surface area contributed by atoms with E-state index in [-0.39, 0.29) is 0 Å². The van der Waals surface area contributed by atoms with Gasteiger partial charge in [-0.05, 0) is 36.6 Å². The molecule has 2 nitrogen and oxygen atoms in total. The van der Waals surface area contributed by atoms with Gasteiger partial charge in [-0.3, -0.25) is 0 Å². The molecule has 2 aromatic rings. The summed E-state index contributed by atoms with van der Waals surface area (Å²) < 4.78 is 5.57. The summed E-state index contributed by atoms with van der Waals surface area (Å²) in [6.07, 6.45) is 8.38. The molecule has 1 saturated carbocycles. The van der Waals surface area contributed by atoms with E-state index in [1.165, 1.54) is 38.5 Å². The molecule has 20 heavy (non-hydrogen) atoms. The first-order valence-corrected chi connectivity index (χ1v) is 8.09. The zero-order valence-electron chi connectivity index (χ0n) is 11.8. The van der Waals surface area contributed by atoms with E-state index < -0.39 is 0 Å². The lowest BCUT2D eigenvalue weighted by atomic mass is 9.87. The van der Waals surface area contributed by atoms with Crippen molar-refractivity contribution in [3.8, 4) is 0 Å². The van der Waals surface area contributed by atoms with Gasteiger partial charge in [-0.25, -0.2) is 0 Å². The number of rotatable bonds is 5. The highest BCUT2D eigenvalue weighted by Gasteiger charge is 2.14. The molecule has 1 aliphatic carbocycles. The van der Waals surface area contributed by atoms with Crippen molar-refractivity contribution in [1.82, 2.24) is 5.32 Å². The molecule has 1 heterocycles. The molecule has 1 aliphatic rings. The summed E-state index contributed by atoms with van der Waals surface area (Å²) in [5.41, 5.74) is 1.97. The molecule has 1 aromatic carbocycles. The third-order valence-corrected chi connectivity index (χ3v) is 4.71. The Balaban J connectivity index is 1.53. The number of furan rings is 1. The summed E-state index contributed by atoms with van der Waals surface area (Å²) >= 11 is 6.19. The Labute approximate surface area is 125 Å². The number of hydrogen-bond donors (Lipinski definition) is 1. The van der Waals surface area contributed by atoms with E-state index in [1.54, 1.807) is 0 Å². The monoisotopic (exact) mass is 291 g/mol. The molecule has 1 aromatic heterocycles. The Morgan fingerprint density at radius 3 is 2.80 bits per heavy atom. The molecule has 0 spiro atoms. The molecule has 0 amide bonds. The molecule has 1 N–H and O–H groups in total. The summed E-state index contributed by atoms with van der Waals surface area (Å²) in [5.74, 6) is 0.924. The van der Waals surface area contributed by atoms with Crippen LogP contribution in [0, 0.1) is 5.92 Å². The Kier molecular flexibility index (Phi) is 4.64. The van der Waals surface area contributed by atoms with Crippen LogP contribution in [0.4, 0.5) is 0 Å². The topological polar surface area (TPSA) is 25.2 Å². The smallest absolute Gasteiger partial charge is 0.199 e. The van der Waals surface area contributed by atoms with Gasteiger partial charge >= 0.3 is 0 Å². The minimum absolute atomic E-state index is 0.524. The van der Waals surface area contributed by atoms with Crippen molar-refractivity contribution in [1.29, 1.82) is 0 Å². The van der Waals surface area contributed by atoms with Crippen LogP contribution in [0.15, 0.2) is 28.7 Å². The van der Waals surface area contributed by atoms with Crippen LogP contribution < -0.4 is 5.32 Å². The summed E-state index contributed by atoms with van der Waals surface area (Å²) in [4.78, 5) is 0. The number of para-hydroxylation sites is 1. The number of hydrogen-bond acceptors (Lipinski definition) is 2. The molecule has 0 aliphatic heterocycles. The van der Waals surface area contributed by atoms with Crippen molar-refractivity contribution >= 4 is 22.6 Å². The van der Waals surface area contributed by atoms with Crippen LogP contribution in [0.2, 0.25) is 5.22 Å². The molecule has 3 heteroatoms. The van der Waals surface area contributed by atoms with E-state index in [0.717, 1.165) is 35.5 Å². The molecule has 3 rings (SSSR count). The largest absolute Gasteiger partial charge is 0.444 e. The predicted molar refractivity (Wildman–Crippen MR) is 84.1 cm³/mol. The van der Waals surface area contributed by atoms with E-state index in [4.69, 9.17) is 16.0 Å². The van der Waals surface area contributed by atoms with Crippen LogP contribution in [0.1, 0.15) is 44.1 Å². The number of fused-ring (bicyclic) bond motifs is 1. The van der Waals surface area contributed by atoms with Gasteiger partial charge in [0.1, 0.15) is 5.58 Å². The van der Waals surface area contributed by atoms with Crippen LogP contribution in [0.3, 0.4) is 0 Å². The molecule has 0 radical (unpaired) electrons. The van der Waals surface area contributed by atoms with Gasteiger partial charge in [0.25, 0.3) is 0 Å². The molecule has 0 saturated heterocycles. The summed E-state index contributed by atoms with van der Waals surface area (Å²) in [6, 6.07) is 8.04. The van der Waals surface area contributed by atoms with Gasteiger partial charge in [-0.1, -0.05) is 50.3 Å². The second-order valence-corrected chi connectivity index (χ2v) is 6.16. The van der Waals surface area contributed by atoms with E-state index in [9.17, 15) is 0 Å². The fraction of sp³-hybridized carbons (Fsp3) is 0.529. The summed E-state index contributed by atoms with van der Waals surface area (Å²) in [7, 11) is 0. The summed E-state index contributed by atoms with van der Waals surface area (Å²) in [5, 5.41) is 5.18. The fourth-order valence-electron chi connectivity index (χ4n) is 3.23. The van der Waals surface area contributed by atoms with Gasteiger partial charge in [0.15, 0.2) is 5.22 Å². The van der Waals surface area contributed by atoms with Crippen molar-refractivity contribution in [2.24, 2.45) is 5.92 Å². The van der Waals surface area contributed by atoms with Crippen molar-refractivity contribution in [2.45, 2.75) is 45.1 Å². The van der Waals surface area contributed by atoms with E-state index >= 15 is 0 Å². The zero-order chi connectivity index (χ0) is 13.8. The second kappa shape index (κ2) is 6.64. The first-order valence-electron chi connectivity index (χ1n) is 7.71. The zero-order valence-corrected chi connectivity index (χ0v) is 12.6. The first-order chi connectivity index (χ1) is 9.84. The Bertz CT molecular complexity index is 557. The summed E-state index contributed by atoms with van der Waals surface area (Å²) in [6.45, 7) is 1.86. The molecule has 0 atom stereocenters. The van der Waals surface area contributed by atoms with Crippen LogP contribution >= 0.6 is 11.6 Å². The third-order valence-electron chi connectivity index (χ3n) is 4.40. The average Bonchev–Trinajstić information content (AvgIpc) is 2.80. The van der Waals surface area contributed by atoms with Crippen molar-refractivity contribution < 1.29 is 4.42 Å². The molecule has 1 fully saturated rings. The van der Waals surface area contributed by atoms with Gasteiger partial charge in [-0.15, -0.1) is 0 Å². The lowest BCUT2D eigenvalue weighted by Gasteiger charge is -2.21. The molecule has 0 bridgehead atoms. The van der Waals surface area contributed by atoms with E-state index in [2.05, 4.69) is 11.4 Å².